The largest absolute Gasteiger partial charge is 0.356 e. The van der Waals surface area contributed by atoms with Crippen LogP contribution in [0.4, 0.5) is 0 Å². The lowest BCUT2D eigenvalue weighted by molar-refractivity contribution is -0.127. The summed E-state index contributed by atoms with van der Waals surface area (Å²) in [4.78, 5) is 4.77. The van der Waals surface area contributed by atoms with E-state index in [9.17, 15) is 0 Å². The van der Waals surface area contributed by atoms with Gasteiger partial charge in [-0.3, -0.25) is 4.90 Å². The van der Waals surface area contributed by atoms with Crippen molar-refractivity contribution in [1.29, 1.82) is 0 Å². The molecule has 5 heteroatoms. The molecule has 0 aromatic rings. The van der Waals surface area contributed by atoms with E-state index in [0.29, 0.717) is 12.6 Å². The lowest BCUT2D eigenvalue weighted by Gasteiger charge is -2.40. The molecule has 18 heavy (non-hydrogen) atoms. The minimum atomic E-state index is -0.183. The minimum absolute atomic E-state index is 0.0541. The molecule has 1 fully saturated rings. The van der Waals surface area contributed by atoms with Crippen LogP contribution in [0.3, 0.4) is 0 Å². The molecule has 0 aromatic heterocycles. The number of likely N-dealkylation sites (tertiary alicyclic amines) is 1. The molecule has 1 aliphatic rings. The highest BCUT2D eigenvalue weighted by Gasteiger charge is 2.38. The van der Waals surface area contributed by atoms with Crippen LogP contribution in [0.5, 0.6) is 0 Å². The number of hydrogen-bond acceptors (Lipinski definition) is 5. The van der Waals surface area contributed by atoms with E-state index in [-0.39, 0.29) is 11.8 Å². The van der Waals surface area contributed by atoms with Crippen molar-refractivity contribution in [3.8, 4) is 0 Å². The minimum Gasteiger partial charge on any atom is -0.356 e. The van der Waals surface area contributed by atoms with E-state index in [0.717, 1.165) is 19.5 Å². The Kier molecular flexibility index (Phi) is 6.01. The number of ether oxygens (including phenoxy) is 2. The number of methoxy groups -OCH3 is 2. The molecule has 1 aliphatic heterocycles. The fraction of sp³-hybridized carbons (Fsp3) is 1.00. The fourth-order valence-corrected chi connectivity index (χ4v) is 2.62. The van der Waals surface area contributed by atoms with Crippen LogP contribution in [0.15, 0.2) is 0 Å². The summed E-state index contributed by atoms with van der Waals surface area (Å²) in [5, 5.41) is 0. The van der Waals surface area contributed by atoms with Gasteiger partial charge < -0.3 is 20.1 Å². The van der Waals surface area contributed by atoms with Gasteiger partial charge in [-0.15, -0.1) is 0 Å². The highest BCUT2D eigenvalue weighted by atomic mass is 16.7. The van der Waals surface area contributed by atoms with Gasteiger partial charge in [0.25, 0.3) is 0 Å². The standard InChI is InChI=1S/C13H29N3O2/c1-13(10-14,8-12(17-4)18-5)16-7-6-11(9-16)15(2)3/h11-12H,6-10,14H2,1-5H3. The number of likely N-dealkylation sites (N-methyl/N-ethyl adjacent to an activating group) is 1. The second-order valence-corrected chi connectivity index (χ2v) is 5.66. The second-order valence-electron chi connectivity index (χ2n) is 5.66. The van der Waals surface area contributed by atoms with Crippen molar-refractivity contribution in [3.63, 3.8) is 0 Å². The molecule has 2 unspecified atom stereocenters. The molecule has 0 amide bonds. The molecular formula is C13H29N3O2. The summed E-state index contributed by atoms with van der Waals surface area (Å²) < 4.78 is 10.6. The van der Waals surface area contributed by atoms with Crippen LogP contribution in [0, 0.1) is 0 Å². The molecule has 2 N–H and O–H groups in total. The van der Waals surface area contributed by atoms with Gasteiger partial charge in [-0.25, -0.2) is 0 Å². The smallest absolute Gasteiger partial charge is 0.158 e. The Hall–Kier alpha value is -0.200. The molecule has 5 nitrogen and oxygen atoms in total. The molecule has 1 saturated heterocycles. The van der Waals surface area contributed by atoms with Gasteiger partial charge in [-0.2, -0.15) is 0 Å². The van der Waals surface area contributed by atoms with Gasteiger partial charge in [0.15, 0.2) is 6.29 Å². The van der Waals surface area contributed by atoms with Crippen LogP contribution in [-0.2, 0) is 9.47 Å². The summed E-state index contributed by atoms with van der Waals surface area (Å²) >= 11 is 0. The van der Waals surface area contributed by atoms with Crippen LogP contribution in [0.2, 0.25) is 0 Å². The lowest BCUT2D eigenvalue weighted by Crippen LogP contribution is -2.53. The van der Waals surface area contributed by atoms with Crippen molar-refractivity contribution in [3.05, 3.63) is 0 Å². The van der Waals surface area contributed by atoms with E-state index in [4.69, 9.17) is 15.2 Å². The molecule has 0 radical (unpaired) electrons. The molecule has 0 aliphatic carbocycles. The summed E-state index contributed by atoms with van der Waals surface area (Å²) in [5.41, 5.74) is 5.95. The maximum atomic E-state index is 6.00. The molecule has 0 aromatic carbocycles. The van der Waals surface area contributed by atoms with Crippen LogP contribution in [0.1, 0.15) is 19.8 Å². The maximum Gasteiger partial charge on any atom is 0.158 e. The first-order valence-electron chi connectivity index (χ1n) is 6.64. The van der Waals surface area contributed by atoms with Crippen LogP contribution >= 0.6 is 0 Å². The van der Waals surface area contributed by atoms with Gasteiger partial charge in [-0.05, 0) is 27.4 Å². The predicted molar refractivity (Wildman–Crippen MR) is 73.5 cm³/mol. The first-order chi connectivity index (χ1) is 8.46. The third-order valence-electron chi connectivity index (χ3n) is 4.23. The topological polar surface area (TPSA) is 51.0 Å². The molecule has 108 valence electrons. The van der Waals surface area contributed by atoms with Crippen molar-refractivity contribution in [1.82, 2.24) is 9.80 Å². The van der Waals surface area contributed by atoms with Gasteiger partial charge in [0.1, 0.15) is 0 Å². The van der Waals surface area contributed by atoms with Crippen LogP contribution in [-0.4, -0.2) is 75.6 Å². The third kappa shape index (κ3) is 3.65. The summed E-state index contributed by atoms with van der Waals surface area (Å²) in [6.07, 6.45) is 1.82. The van der Waals surface area contributed by atoms with E-state index in [1.807, 2.05) is 0 Å². The fourth-order valence-electron chi connectivity index (χ4n) is 2.62. The highest BCUT2D eigenvalue weighted by molar-refractivity contribution is 4.94. The normalized spacial score (nSPS) is 25.0. The third-order valence-corrected chi connectivity index (χ3v) is 4.23. The molecular weight excluding hydrogens is 230 g/mol. The summed E-state index contributed by atoms with van der Waals surface area (Å²) in [5.74, 6) is 0. The zero-order valence-electron chi connectivity index (χ0n) is 12.5. The Bertz CT molecular complexity index is 246. The average Bonchev–Trinajstić information content (AvgIpc) is 2.86. The van der Waals surface area contributed by atoms with E-state index >= 15 is 0 Å². The average molecular weight is 259 g/mol. The van der Waals surface area contributed by atoms with Crippen molar-refractivity contribution in [2.45, 2.75) is 37.6 Å². The van der Waals surface area contributed by atoms with Gasteiger partial charge in [0, 0.05) is 51.9 Å². The molecule has 0 spiro atoms. The van der Waals surface area contributed by atoms with Gasteiger partial charge in [0.2, 0.25) is 0 Å². The van der Waals surface area contributed by atoms with Crippen molar-refractivity contribution < 1.29 is 9.47 Å². The molecule has 0 bridgehead atoms. The highest BCUT2D eigenvalue weighted by Crippen LogP contribution is 2.27. The maximum absolute atomic E-state index is 6.00. The Morgan fingerprint density at radius 1 is 1.39 bits per heavy atom. The van der Waals surface area contributed by atoms with Crippen molar-refractivity contribution in [2.75, 3.05) is 47.9 Å². The Balaban J connectivity index is 2.64. The zero-order chi connectivity index (χ0) is 13.8. The van der Waals surface area contributed by atoms with E-state index in [1.54, 1.807) is 14.2 Å². The van der Waals surface area contributed by atoms with Gasteiger partial charge in [-0.1, -0.05) is 0 Å². The Morgan fingerprint density at radius 2 is 2.00 bits per heavy atom. The zero-order valence-corrected chi connectivity index (χ0v) is 12.5. The quantitative estimate of drug-likeness (QED) is 0.669. The molecule has 1 rings (SSSR count). The van der Waals surface area contributed by atoms with Crippen molar-refractivity contribution in [2.24, 2.45) is 5.73 Å². The Labute approximate surface area is 111 Å². The molecule has 1 heterocycles. The van der Waals surface area contributed by atoms with E-state index < -0.39 is 0 Å². The van der Waals surface area contributed by atoms with E-state index in [2.05, 4.69) is 30.8 Å². The number of nitrogens with two attached hydrogens (primary N) is 1. The van der Waals surface area contributed by atoms with Crippen molar-refractivity contribution >= 4 is 0 Å². The number of hydrogen-bond donors (Lipinski definition) is 1. The number of nitrogens with zero attached hydrogens (tertiary/aromatic N) is 2. The van der Waals surface area contributed by atoms with Crippen LogP contribution in [0.25, 0.3) is 0 Å². The van der Waals surface area contributed by atoms with Gasteiger partial charge >= 0.3 is 0 Å². The number of rotatable bonds is 7. The lowest BCUT2D eigenvalue weighted by atomic mass is 9.95. The Morgan fingerprint density at radius 3 is 2.39 bits per heavy atom. The molecule has 2 atom stereocenters. The van der Waals surface area contributed by atoms with Gasteiger partial charge in [0.05, 0.1) is 0 Å². The summed E-state index contributed by atoms with van der Waals surface area (Å²) in [7, 11) is 7.64. The molecule has 0 saturated carbocycles. The first kappa shape index (κ1) is 15.9. The monoisotopic (exact) mass is 259 g/mol. The SMILES string of the molecule is COC(CC(C)(CN)N1CCC(N(C)C)C1)OC. The second kappa shape index (κ2) is 6.82. The predicted octanol–water partition coefficient (Wildman–Crippen LogP) is 0.349. The first-order valence-corrected chi connectivity index (χ1v) is 6.64. The summed E-state index contributed by atoms with van der Waals surface area (Å²) in [6, 6.07) is 0.624. The summed E-state index contributed by atoms with van der Waals surface area (Å²) in [6.45, 7) is 4.99. The van der Waals surface area contributed by atoms with Crippen LogP contribution < -0.4 is 5.73 Å². The van der Waals surface area contributed by atoms with E-state index in [1.165, 1.54) is 6.42 Å².